The highest BCUT2D eigenvalue weighted by Crippen LogP contribution is 2.20. The maximum Gasteiger partial charge on any atom is 0.00452 e. The minimum absolute atomic E-state index is 0.792. The molecular formula is C13H16S. The third kappa shape index (κ3) is 2.85. The fourth-order valence-corrected chi connectivity index (χ4v) is 2.59. The minimum atomic E-state index is 0.792. The van der Waals surface area contributed by atoms with Crippen LogP contribution in [0.1, 0.15) is 24.1 Å². The monoisotopic (exact) mass is 204 g/mol. The van der Waals surface area contributed by atoms with Gasteiger partial charge in [0.1, 0.15) is 0 Å². The van der Waals surface area contributed by atoms with Crippen LogP contribution in [0.5, 0.6) is 0 Å². The fraction of sp³-hybridized carbons (Fsp3) is 0.385. The molecule has 1 heterocycles. The Balaban J connectivity index is 1.68. The Hall–Kier alpha value is -0.820. The zero-order chi connectivity index (χ0) is 9.64. The van der Waals surface area contributed by atoms with Gasteiger partial charge in [-0.3, -0.25) is 0 Å². The first-order valence-electron chi connectivity index (χ1n) is 5.31. The summed E-state index contributed by atoms with van der Waals surface area (Å²) in [6, 6.07) is 4.38. The second-order valence-corrected chi connectivity index (χ2v) is 4.81. The average Bonchev–Trinajstić information content (AvgIpc) is 2.72. The first-order chi connectivity index (χ1) is 6.95. The van der Waals surface area contributed by atoms with Crippen LogP contribution in [0.2, 0.25) is 0 Å². The molecule has 1 aromatic heterocycles. The van der Waals surface area contributed by atoms with Crippen LogP contribution in [0.15, 0.2) is 41.8 Å². The summed E-state index contributed by atoms with van der Waals surface area (Å²) in [5, 5.41) is 2.17. The molecule has 0 saturated heterocycles. The van der Waals surface area contributed by atoms with Gasteiger partial charge in [-0.2, -0.15) is 0 Å². The van der Waals surface area contributed by atoms with E-state index in [2.05, 4.69) is 41.8 Å². The molecule has 0 radical (unpaired) electrons. The predicted octanol–water partition coefficient (Wildman–Crippen LogP) is 4.20. The molecule has 1 aromatic rings. The second kappa shape index (κ2) is 5.16. The van der Waals surface area contributed by atoms with Gasteiger partial charge in [-0.25, -0.2) is 0 Å². The number of hydrogen-bond acceptors (Lipinski definition) is 1. The molecule has 1 unspecified atom stereocenters. The minimum Gasteiger partial charge on any atom is -0.149 e. The van der Waals surface area contributed by atoms with Crippen molar-refractivity contribution in [2.75, 3.05) is 0 Å². The largest absolute Gasteiger partial charge is 0.149 e. The van der Waals surface area contributed by atoms with Crippen molar-refractivity contribution in [3.63, 3.8) is 0 Å². The quantitative estimate of drug-likeness (QED) is 0.689. The van der Waals surface area contributed by atoms with Gasteiger partial charge in [-0.05, 0) is 43.0 Å². The summed E-state index contributed by atoms with van der Waals surface area (Å²) >= 11 is 1.88. The van der Waals surface area contributed by atoms with Crippen LogP contribution in [-0.4, -0.2) is 0 Å². The van der Waals surface area contributed by atoms with E-state index in [9.17, 15) is 0 Å². The van der Waals surface area contributed by atoms with Crippen molar-refractivity contribution in [3.8, 4) is 0 Å². The van der Waals surface area contributed by atoms with E-state index in [-0.39, 0.29) is 0 Å². The first-order valence-corrected chi connectivity index (χ1v) is 6.19. The van der Waals surface area contributed by atoms with E-state index in [0.29, 0.717) is 0 Å². The standard InChI is InChI=1S/C13H16S/c1-2-6-12(7-3-1)8-4-9-13-10-5-11-14-13/h1-3,5-6,10-12H,4,7-9H2. The van der Waals surface area contributed by atoms with Gasteiger partial charge < -0.3 is 0 Å². The Morgan fingerprint density at radius 1 is 1.36 bits per heavy atom. The molecule has 0 amide bonds. The Kier molecular flexibility index (Phi) is 3.58. The second-order valence-electron chi connectivity index (χ2n) is 3.78. The Morgan fingerprint density at radius 3 is 3.07 bits per heavy atom. The molecule has 1 atom stereocenters. The lowest BCUT2D eigenvalue weighted by Crippen LogP contribution is -1.97. The molecule has 1 heteroatoms. The van der Waals surface area contributed by atoms with Crippen molar-refractivity contribution in [2.24, 2.45) is 5.92 Å². The van der Waals surface area contributed by atoms with Crippen molar-refractivity contribution in [3.05, 3.63) is 46.7 Å². The molecule has 0 fully saturated rings. The molecule has 0 saturated carbocycles. The molecule has 0 aromatic carbocycles. The lowest BCUT2D eigenvalue weighted by molar-refractivity contribution is 0.565. The van der Waals surface area contributed by atoms with Gasteiger partial charge in [-0.1, -0.05) is 30.4 Å². The topological polar surface area (TPSA) is 0 Å². The van der Waals surface area contributed by atoms with Gasteiger partial charge >= 0.3 is 0 Å². The van der Waals surface area contributed by atoms with E-state index >= 15 is 0 Å². The number of allylic oxidation sites excluding steroid dienone is 4. The zero-order valence-corrected chi connectivity index (χ0v) is 9.17. The predicted molar refractivity (Wildman–Crippen MR) is 63.6 cm³/mol. The van der Waals surface area contributed by atoms with E-state index in [4.69, 9.17) is 0 Å². The Labute approximate surface area is 90.0 Å². The van der Waals surface area contributed by atoms with Gasteiger partial charge in [0.2, 0.25) is 0 Å². The normalized spacial score (nSPS) is 20.1. The molecular weight excluding hydrogens is 188 g/mol. The van der Waals surface area contributed by atoms with Gasteiger partial charge in [0, 0.05) is 4.88 Å². The van der Waals surface area contributed by atoms with Crippen LogP contribution in [-0.2, 0) is 6.42 Å². The summed E-state index contributed by atoms with van der Waals surface area (Å²) in [6.07, 6.45) is 14.1. The summed E-state index contributed by atoms with van der Waals surface area (Å²) < 4.78 is 0. The number of rotatable bonds is 4. The van der Waals surface area contributed by atoms with Crippen molar-refractivity contribution in [1.82, 2.24) is 0 Å². The van der Waals surface area contributed by atoms with E-state index in [1.54, 1.807) is 0 Å². The maximum absolute atomic E-state index is 2.34. The summed E-state index contributed by atoms with van der Waals surface area (Å²) in [7, 11) is 0. The van der Waals surface area contributed by atoms with Gasteiger partial charge in [0.15, 0.2) is 0 Å². The van der Waals surface area contributed by atoms with Crippen LogP contribution >= 0.6 is 11.3 Å². The summed E-state index contributed by atoms with van der Waals surface area (Å²) in [5.41, 5.74) is 0. The lowest BCUT2D eigenvalue weighted by Gasteiger charge is -2.11. The van der Waals surface area contributed by atoms with Gasteiger partial charge in [-0.15, -0.1) is 11.3 Å². The van der Waals surface area contributed by atoms with Gasteiger partial charge in [0.05, 0.1) is 0 Å². The molecule has 74 valence electrons. The molecule has 2 rings (SSSR count). The molecule has 1 aliphatic carbocycles. The van der Waals surface area contributed by atoms with E-state index in [1.807, 2.05) is 11.3 Å². The van der Waals surface area contributed by atoms with E-state index < -0.39 is 0 Å². The molecule has 1 aliphatic rings. The van der Waals surface area contributed by atoms with E-state index in [0.717, 1.165) is 5.92 Å². The number of thiophene rings is 1. The van der Waals surface area contributed by atoms with Crippen molar-refractivity contribution in [2.45, 2.75) is 25.7 Å². The number of hydrogen-bond donors (Lipinski definition) is 0. The van der Waals surface area contributed by atoms with Crippen LogP contribution in [0, 0.1) is 5.92 Å². The van der Waals surface area contributed by atoms with Crippen LogP contribution in [0.4, 0.5) is 0 Å². The maximum atomic E-state index is 2.34. The molecule has 0 N–H and O–H groups in total. The summed E-state index contributed by atoms with van der Waals surface area (Å²) in [5.74, 6) is 0.792. The highest BCUT2D eigenvalue weighted by atomic mass is 32.1. The van der Waals surface area contributed by atoms with Crippen molar-refractivity contribution < 1.29 is 0 Å². The lowest BCUT2D eigenvalue weighted by atomic mass is 9.95. The highest BCUT2D eigenvalue weighted by Gasteiger charge is 2.04. The van der Waals surface area contributed by atoms with Crippen molar-refractivity contribution >= 4 is 11.3 Å². The average molecular weight is 204 g/mol. The Morgan fingerprint density at radius 2 is 2.36 bits per heavy atom. The smallest absolute Gasteiger partial charge is 0.00452 e. The fourth-order valence-electron chi connectivity index (χ4n) is 1.84. The van der Waals surface area contributed by atoms with Crippen LogP contribution in [0.25, 0.3) is 0 Å². The molecule has 0 spiro atoms. The summed E-state index contributed by atoms with van der Waals surface area (Å²) in [6.45, 7) is 0. The third-order valence-electron chi connectivity index (χ3n) is 2.65. The van der Waals surface area contributed by atoms with E-state index in [1.165, 1.54) is 30.6 Å². The zero-order valence-electron chi connectivity index (χ0n) is 8.36. The summed E-state index contributed by atoms with van der Waals surface area (Å²) in [4.78, 5) is 1.53. The number of aryl methyl sites for hydroxylation is 1. The van der Waals surface area contributed by atoms with Crippen molar-refractivity contribution in [1.29, 1.82) is 0 Å². The van der Waals surface area contributed by atoms with Crippen LogP contribution < -0.4 is 0 Å². The van der Waals surface area contributed by atoms with Crippen LogP contribution in [0.3, 0.4) is 0 Å². The SMILES string of the molecule is C1=CCC(CCCc2cccs2)C=C1. The Bertz CT molecular complexity index is 306. The van der Waals surface area contributed by atoms with Gasteiger partial charge in [0.25, 0.3) is 0 Å². The molecule has 0 bridgehead atoms. The molecule has 0 aliphatic heterocycles. The molecule has 14 heavy (non-hydrogen) atoms. The highest BCUT2D eigenvalue weighted by molar-refractivity contribution is 7.09. The first kappa shape index (κ1) is 9.72. The molecule has 0 nitrogen and oxygen atoms in total. The third-order valence-corrected chi connectivity index (χ3v) is 3.58.